The molecule has 0 saturated carbocycles. The summed E-state index contributed by atoms with van der Waals surface area (Å²) in [6, 6.07) is 18.2. The van der Waals surface area contributed by atoms with E-state index in [-0.39, 0.29) is 42.1 Å². The zero-order chi connectivity index (χ0) is 24.3. The number of aromatic nitrogens is 1. The number of anilines is 2. The molecule has 34 heavy (non-hydrogen) atoms. The van der Waals surface area contributed by atoms with Crippen LogP contribution in [-0.2, 0) is 9.59 Å². The molecular formula is C23H23N7O4. The number of carbonyl (C=O) groups is 3. The number of carbonyl (C=O) groups excluding carboxylic acids is 3. The molecule has 0 aliphatic heterocycles. The molecule has 0 bridgehead atoms. The van der Waals surface area contributed by atoms with Gasteiger partial charge in [0.25, 0.3) is 5.91 Å². The zero-order valence-corrected chi connectivity index (χ0v) is 18.3. The number of nitrogens with two attached hydrogens (primary N) is 1. The molecule has 0 aliphatic rings. The van der Waals surface area contributed by atoms with Crippen LogP contribution in [0.4, 0.5) is 23.0 Å². The molecule has 0 spiro atoms. The maximum atomic E-state index is 12.1. The van der Waals surface area contributed by atoms with Crippen molar-refractivity contribution in [1.82, 2.24) is 15.6 Å². The van der Waals surface area contributed by atoms with Gasteiger partial charge < -0.3 is 26.4 Å². The van der Waals surface area contributed by atoms with Gasteiger partial charge in [0.1, 0.15) is 17.2 Å². The van der Waals surface area contributed by atoms with Crippen molar-refractivity contribution in [1.29, 1.82) is 0 Å². The minimum absolute atomic E-state index is 0.0273. The molecule has 11 nitrogen and oxygen atoms in total. The van der Waals surface area contributed by atoms with Crippen LogP contribution in [-0.4, -0.2) is 42.9 Å². The van der Waals surface area contributed by atoms with Crippen molar-refractivity contribution in [3.63, 3.8) is 0 Å². The average Bonchev–Trinajstić information content (AvgIpc) is 2.83. The molecule has 1 aromatic heterocycles. The Morgan fingerprint density at radius 2 is 1.62 bits per heavy atom. The molecule has 0 saturated heterocycles. The number of hydrogen-bond acceptors (Lipinski definition) is 9. The van der Waals surface area contributed by atoms with Crippen LogP contribution in [0.3, 0.4) is 0 Å². The van der Waals surface area contributed by atoms with Gasteiger partial charge in [-0.2, -0.15) is 0 Å². The van der Waals surface area contributed by atoms with Crippen molar-refractivity contribution in [2.24, 2.45) is 10.2 Å². The number of nitrogens with one attached hydrogen (secondary N) is 3. The van der Waals surface area contributed by atoms with Gasteiger partial charge in [-0.3, -0.25) is 14.4 Å². The molecule has 0 radical (unpaired) electrons. The molecule has 0 atom stereocenters. The quantitative estimate of drug-likeness (QED) is 0.216. The predicted octanol–water partition coefficient (Wildman–Crippen LogP) is 2.57. The molecular weight excluding hydrogens is 438 g/mol. The largest absolute Gasteiger partial charge is 0.423 e. The first kappa shape index (κ1) is 24.0. The second-order valence-corrected chi connectivity index (χ2v) is 6.87. The number of amides is 2. The lowest BCUT2D eigenvalue weighted by molar-refractivity contribution is -0.133. The van der Waals surface area contributed by atoms with E-state index < -0.39 is 11.9 Å². The van der Waals surface area contributed by atoms with Gasteiger partial charge in [0.2, 0.25) is 5.91 Å². The third kappa shape index (κ3) is 6.93. The Morgan fingerprint density at radius 3 is 2.35 bits per heavy atom. The summed E-state index contributed by atoms with van der Waals surface area (Å²) in [5.41, 5.74) is 6.98. The maximum Gasteiger partial charge on any atom is 0.325 e. The Morgan fingerprint density at radius 1 is 0.912 bits per heavy atom. The van der Waals surface area contributed by atoms with E-state index in [1.807, 2.05) is 0 Å². The standard InChI is InChI=1S/C23H23N7O4/c1-25-14-21(32)34-18-10-6-5-9-16(18)29-30-17-11-12-19(28-22(17)24)27-20(31)13-26-23(33)15-7-3-2-4-8-15/h2-12,25H,13-14H2,1H3,(H,26,33)(H3,24,27,28,31). The predicted molar refractivity (Wildman–Crippen MR) is 126 cm³/mol. The summed E-state index contributed by atoms with van der Waals surface area (Å²) < 4.78 is 5.26. The number of azo groups is 1. The third-order valence-corrected chi connectivity index (χ3v) is 4.29. The summed E-state index contributed by atoms with van der Waals surface area (Å²) in [7, 11) is 1.63. The summed E-state index contributed by atoms with van der Waals surface area (Å²) in [5.74, 6) is -0.832. The molecule has 3 rings (SSSR count). The van der Waals surface area contributed by atoms with Crippen molar-refractivity contribution in [2.45, 2.75) is 0 Å². The molecule has 3 aromatic rings. The number of para-hydroxylation sites is 1. The van der Waals surface area contributed by atoms with Crippen molar-refractivity contribution in [3.8, 4) is 5.75 Å². The highest BCUT2D eigenvalue weighted by Gasteiger charge is 2.11. The Bertz CT molecular complexity index is 1200. The minimum Gasteiger partial charge on any atom is -0.423 e. The number of pyridine rings is 1. The van der Waals surface area contributed by atoms with Gasteiger partial charge in [-0.25, -0.2) is 4.98 Å². The van der Waals surface area contributed by atoms with E-state index >= 15 is 0 Å². The van der Waals surface area contributed by atoms with Crippen LogP contribution in [0.5, 0.6) is 5.75 Å². The lowest BCUT2D eigenvalue weighted by Crippen LogP contribution is -2.33. The van der Waals surface area contributed by atoms with Crippen LogP contribution >= 0.6 is 0 Å². The number of hydrogen-bond donors (Lipinski definition) is 4. The molecule has 0 unspecified atom stereocenters. The topological polar surface area (TPSA) is 160 Å². The number of nitrogen functional groups attached to an aromatic ring is 1. The van der Waals surface area contributed by atoms with Crippen LogP contribution < -0.4 is 26.4 Å². The molecule has 1 heterocycles. The molecule has 174 valence electrons. The van der Waals surface area contributed by atoms with Crippen LogP contribution in [0.15, 0.2) is 77.0 Å². The number of benzene rings is 2. The first-order valence-corrected chi connectivity index (χ1v) is 10.2. The Balaban J connectivity index is 1.60. The average molecular weight is 461 g/mol. The summed E-state index contributed by atoms with van der Waals surface area (Å²) in [6.45, 7) is -0.189. The van der Waals surface area contributed by atoms with E-state index in [9.17, 15) is 14.4 Å². The fourth-order valence-corrected chi connectivity index (χ4v) is 2.70. The SMILES string of the molecule is CNCC(=O)Oc1ccccc1N=Nc1ccc(NC(=O)CNC(=O)c2ccccc2)nc1N. The second-order valence-electron chi connectivity index (χ2n) is 6.87. The van der Waals surface area contributed by atoms with Gasteiger partial charge in [-0.05, 0) is 43.4 Å². The molecule has 11 heteroatoms. The number of likely N-dealkylation sites (N-methyl/N-ethyl adjacent to an activating group) is 1. The van der Waals surface area contributed by atoms with Gasteiger partial charge in [0.05, 0.1) is 13.1 Å². The normalized spacial score (nSPS) is 10.6. The van der Waals surface area contributed by atoms with E-state index in [2.05, 4.69) is 31.2 Å². The monoisotopic (exact) mass is 461 g/mol. The highest BCUT2D eigenvalue weighted by molar-refractivity contribution is 5.99. The Hall–Kier alpha value is -4.64. The number of ether oxygens (including phenoxy) is 1. The van der Waals surface area contributed by atoms with Gasteiger partial charge in [-0.1, -0.05) is 30.3 Å². The van der Waals surface area contributed by atoms with Gasteiger partial charge in [-0.15, -0.1) is 10.2 Å². The van der Waals surface area contributed by atoms with Crippen LogP contribution in [0.1, 0.15) is 10.4 Å². The first-order chi connectivity index (χ1) is 16.5. The van der Waals surface area contributed by atoms with Crippen LogP contribution in [0.25, 0.3) is 0 Å². The Kier molecular flexibility index (Phi) is 8.36. The lowest BCUT2D eigenvalue weighted by atomic mass is 10.2. The van der Waals surface area contributed by atoms with Crippen molar-refractivity contribution in [3.05, 3.63) is 72.3 Å². The number of esters is 1. The van der Waals surface area contributed by atoms with E-state index in [0.29, 0.717) is 11.3 Å². The summed E-state index contributed by atoms with van der Waals surface area (Å²) in [6.07, 6.45) is 0. The van der Waals surface area contributed by atoms with Crippen LogP contribution in [0.2, 0.25) is 0 Å². The highest BCUT2D eigenvalue weighted by Crippen LogP contribution is 2.30. The van der Waals surface area contributed by atoms with E-state index in [1.54, 1.807) is 61.6 Å². The number of nitrogens with zero attached hydrogens (tertiary/aromatic N) is 3. The maximum absolute atomic E-state index is 12.1. The van der Waals surface area contributed by atoms with Gasteiger partial charge >= 0.3 is 5.97 Å². The molecule has 5 N–H and O–H groups in total. The third-order valence-electron chi connectivity index (χ3n) is 4.29. The fourth-order valence-electron chi connectivity index (χ4n) is 2.70. The van der Waals surface area contributed by atoms with E-state index in [4.69, 9.17) is 10.5 Å². The second kappa shape index (κ2) is 11.8. The molecule has 0 aliphatic carbocycles. The Labute approximate surface area is 195 Å². The van der Waals surface area contributed by atoms with Crippen LogP contribution in [0, 0.1) is 0 Å². The van der Waals surface area contributed by atoms with E-state index in [1.165, 1.54) is 12.1 Å². The van der Waals surface area contributed by atoms with Crippen molar-refractivity contribution < 1.29 is 19.1 Å². The van der Waals surface area contributed by atoms with Gasteiger partial charge in [0.15, 0.2) is 11.6 Å². The molecule has 2 amide bonds. The first-order valence-electron chi connectivity index (χ1n) is 10.2. The van der Waals surface area contributed by atoms with E-state index in [0.717, 1.165) is 0 Å². The summed E-state index contributed by atoms with van der Waals surface area (Å²) in [5, 5.41) is 15.9. The summed E-state index contributed by atoms with van der Waals surface area (Å²) >= 11 is 0. The zero-order valence-electron chi connectivity index (χ0n) is 18.3. The van der Waals surface area contributed by atoms with Gasteiger partial charge in [0, 0.05) is 5.56 Å². The highest BCUT2D eigenvalue weighted by atomic mass is 16.5. The lowest BCUT2D eigenvalue weighted by Gasteiger charge is -2.08. The summed E-state index contributed by atoms with van der Waals surface area (Å²) in [4.78, 5) is 40.0. The number of rotatable bonds is 9. The fraction of sp³-hybridized carbons (Fsp3) is 0.130. The minimum atomic E-state index is -0.470. The van der Waals surface area contributed by atoms with Crippen molar-refractivity contribution >= 4 is 40.8 Å². The molecule has 2 aromatic carbocycles. The molecule has 0 fully saturated rings. The van der Waals surface area contributed by atoms with Crippen molar-refractivity contribution in [2.75, 3.05) is 31.2 Å². The smallest absolute Gasteiger partial charge is 0.325 e.